The number of rotatable bonds is 13. The topological polar surface area (TPSA) is 59.8 Å². The van der Waals surface area contributed by atoms with E-state index in [2.05, 4.69) is 39.5 Å². The Kier molecular flexibility index (Phi) is 9.90. The van der Waals surface area contributed by atoms with Gasteiger partial charge in [-0.1, -0.05) is 63.6 Å². The van der Waals surface area contributed by atoms with E-state index in [1.165, 1.54) is 5.56 Å². The lowest BCUT2D eigenvalue weighted by Gasteiger charge is -2.27. The van der Waals surface area contributed by atoms with Gasteiger partial charge < -0.3 is 14.6 Å². The van der Waals surface area contributed by atoms with Crippen molar-refractivity contribution in [3.8, 4) is 17.3 Å². The van der Waals surface area contributed by atoms with Crippen LogP contribution in [0.15, 0.2) is 54.6 Å². The molecule has 0 fully saturated rings. The highest BCUT2D eigenvalue weighted by Crippen LogP contribution is 2.32. The van der Waals surface area contributed by atoms with Crippen LogP contribution in [0, 0.1) is 25.7 Å². The molecule has 0 unspecified atom stereocenters. The zero-order chi connectivity index (χ0) is 25.4. The van der Waals surface area contributed by atoms with Crippen LogP contribution in [0.1, 0.15) is 44.5 Å². The summed E-state index contributed by atoms with van der Waals surface area (Å²) in [6, 6.07) is 18.1. The van der Waals surface area contributed by atoms with Crippen LogP contribution in [0.25, 0.3) is 5.69 Å². The maximum atomic E-state index is 10.7. The number of ether oxygens (including phenoxy) is 2. The fraction of sp³-hybridized carbons (Fsp3) is 0.483. The van der Waals surface area contributed by atoms with E-state index >= 15 is 0 Å². The molecule has 0 aliphatic rings. The largest absolute Gasteiger partial charge is 0.439 e. The normalized spacial score (nSPS) is 12.6. The van der Waals surface area contributed by atoms with Gasteiger partial charge in [-0.15, -0.1) is 0 Å². The number of aliphatic hydroxyl groups excluding tert-OH is 1. The van der Waals surface area contributed by atoms with Crippen LogP contribution in [0.3, 0.4) is 0 Å². The Morgan fingerprint density at radius 1 is 0.886 bits per heavy atom. The lowest BCUT2D eigenvalue weighted by molar-refractivity contribution is 0.00511. The molecule has 0 bridgehead atoms. The summed E-state index contributed by atoms with van der Waals surface area (Å²) in [6.45, 7) is 15.7. The third-order valence-corrected chi connectivity index (χ3v) is 5.61. The molecule has 0 radical (unpaired) electrons. The molecule has 0 aliphatic heterocycles. The molecule has 35 heavy (non-hydrogen) atoms. The quantitative estimate of drug-likeness (QED) is 0.337. The van der Waals surface area contributed by atoms with Crippen LogP contribution in [0.5, 0.6) is 11.6 Å². The SMILES string of the molecule is Cc1ccc(Oc2c(CN(CC(C)C)C[C@@H](O)COCC(C)C)c(C)nn2-c2ccccc2)cc1. The molecule has 1 N–H and O–H groups in total. The molecule has 6 heteroatoms. The number of aromatic nitrogens is 2. The molecule has 0 amide bonds. The summed E-state index contributed by atoms with van der Waals surface area (Å²) in [7, 11) is 0. The lowest BCUT2D eigenvalue weighted by atomic mass is 10.1. The zero-order valence-electron chi connectivity index (χ0n) is 22.1. The number of hydrogen-bond acceptors (Lipinski definition) is 5. The van der Waals surface area contributed by atoms with Crippen molar-refractivity contribution in [1.29, 1.82) is 0 Å². The van der Waals surface area contributed by atoms with Crippen LogP contribution in [0.4, 0.5) is 0 Å². The van der Waals surface area contributed by atoms with Gasteiger partial charge in [0.05, 0.1) is 29.7 Å². The smallest absolute Gasteiger partial charge is 0.227 e. The number of hydrogen-bond donors (Lipinski definition) is 1. The molecule has 1 aromatic heterocycles. The van der Waals surface area contributed by atoms with Gasteiger partial charge in [0.25, 0.3) is 0 Å². The molecular formula is C29H41N3O3. The van der Waals surface area contributed by atoms with E-state index in [4.69, 9.17) is 14.6 Å². The molecule has 0 aliphatic carbocycles. The highest BCUT2D eigenvalue weighted by molar-refractivity contribution is 5.43. The van der Waals surface area contributed by atoms with E-state index in [9.17, 15) is 5.11 Å². The van der Waals surface area contributed by atoms with Crippen LogP contribution in [-0.2, 0) is 11.3 Å². The van der Waals surface area contributed by atoms with Crippen molar-refractivity contribution in [2.24, 2.45) is 11.8 Å². The van der Waals surface area contributed by atoms with Gasteiger partial charge in [-0.2, -0.15) is 5.10 Å². The van der Waals surface area contributed by atoms with Gasteiger partial charge in [0, 0.05) is 26.2 Å². The Morgan fingerprint density at radius 2 is 1.57 bits per heavy atom. The first kappa shape index (κ1) is 26.9. The Hall–Kier alpha value is -2.67. The van der Waals surface area contributed by atoms with Crippen molar-refractivity contribution in [2.45, 2.75) is 54.2 Å². The fourth-order valence-electron chi connectivity index (χ4n) is 4.02. The number of nitrogens with zero attached hydrogens (tertiary/aromatic N) is 3. The first-order valence-corrected chi connectivity index (χ1v) is 12.6. The second kappa shape index (κ2) is 12.9. The molecule has 0 saturated heterocycles. The average molecular weight is 480 g/mol. The van der Waals surface area contributed by atoms with Crippen molar-refractivity contribution in [1.82, 2.24) is 14.7 Å². The van der Waals surface area contributed by atoms with Crippen molar-refractivity contribution in [3.05, 3.63) is 71.4 Å². The van der Waals surface area contributed by atoms with E-state index in [0.29, 0.717) is 44.0 Å². The number of benzene rings is 2. The van der Waals surface area contributed by atoms with Gasteiger partial charge in [0.15, 0.2) is 0 Å². The molecular weight excluding hydrogens is 438 g/mol. The minimum absolute atomic E-state index is 0.335. The van der Waals surface area contributed by atoms with Gasteiger partial charge in [0.1, 0.15) is 5.75 Å². The van der Waals surface area contributed by atoms with Crippen molar-refractivity contribution >= 4 is 0 Å². The van der Waals surface area contributed by atoms with Crippen molar-refractivity contribution in [2.75, 3.05) is 26.3 Å². The maximum absolute atomic E-state index is 10.7. The van der Waals surface area contributed by atoms with E-state index in [0.717, 1.165) is 29.2 Å². The summed E-state index contributed by atoms with van der Waals surface area (Å²) < 4.78 is 14.0. The predicted molar refractivity (Wildman–Crippen MR) is 141 cm³/mol. The molecule has 3 rings (SSSR count). The molecule has 190 valence electrons. The maximum Gasteiger partial charge on any atom is 0.227 e. The van der Waals surface area contributed by atoms with Gasteiger partial charge in [-0.25, -0.2) is 4.68 Å². The molecule has 1 atom stereocenters. The van der Waals surface area contributed by atoms with Crippen molar-refractivity contribution < 1.29 is 14.6 Å². The van der Waals surface area contributed by atoms with Gasteiger partial charge in [-0.3, -0.25) is 4.90 Å². The second-order valence-corrected chi connectivity index (χ2v) is 10.2. The summed E-state index contributed by atoms with van der Waals surface area (Å²) in [4.78, 5) is 2.27. The average Bonchev–Trinajstić information content (AvgIpc) is 3.10. The van der Waals surface area contributed by atoms with Gasteiger partial charge >= 0.3 is 0 Å². The molecule has 3 aromatic rings. The third kappa shape index (κ3) is 8.20. The predicted octanol–water partition coefficient (Wildman–Crippen LogP) is 5.77. The van der Waals surface area contributed by atoms with Crippen LogP contribution >= 0.6 is 0 Å². The minimum Gasteiger partial charge on any atom is -0.439 e. The van der Waals surface area contributed by atoms with E-state index in [-0.39, 0.29) is 0 Å². The molecule has 0 spiro atoms. The first-order valence-electron chi connectivity index (χ1n) is 12.6. The Balaban J connectivity index is 1.89. The number of aliphatic hydroxyl groups is 1. The van der Waals surface area contributed by atoms with Crippen molar-refractivity contribution in [3.63, 3.8) is 0 Å². The van der Waals surface area contributed by atoms with Crippen LogP contribution in [0.2, 0.25) is 0 Å². The third-order valence-electron chi connectivity index (χ3n) is 5.61. The molecule has 1 heterocycles. The minimum atomic E-state index is -0.557. The van der Waals surface area contributed by atoms with E-state index < -0.39 is 6.10 Å². The van der Waals surface area contributed by atoms with E-state index in [1.54, 1.807) is 0 Å². The fourth-order valence-corrected chi connectivity index (χ4v) is 4.02. The summed E-state index contributed by atoms with van der Waals surface area (Å²) >= 11 is 0. The number of para-hydroxylation sites is 1. The van der Waals surface area contributed by atoms with Crippen LogP contribution < -0.4 is 4.74 Å². The molecule has 0 saturated carbocycles. The summed E-state index contributed by atoms with van der Waals surface area (Å²) in [6.07, 6.45) is -0.557. The highest BCUT2D eigenvalue weighted by atomic mass is 16.5. The standard InChI is InChI=1S/C29H41N3O3/c1-21(2)16-31(17-26(33)20-34-19-22(3)4)18-28-24(6)30-32(25-10-8-7-9-11-25)29(28)35-27-14-12-23(5)13-15-27/h7-15,21-22,26,33H,16-20H2,1-6H3/t26-/m1/s1. The second-order valence-electron chi connectivity index (χ2n) is 10.2. The lowest BCUT2D eigenvalue weighted by Crippen LogP contribution is -2.37. The van der Waals surface area contributed by atoms with E-state index in [1.807, 2.05) is 66.2 Å². The zero-order valence-corrected chi connectivity index (χ0v) is 22.1. The summed E-state index contributed by atoms with van der Waals surface area (Å²) in [5, 5.41) is 15.5. The van der Waals surface area contributed by atoms with Gasteiger partial charge in [-0.05, 0) is 49.9 Å². The summed E-state index contributed by atoms with van der Waals surface area (Å²) in [5.74, 6) is 2.37. The molecule has 2 aromatic carbocycles. The van der Waals surface area contributed by atoms with Crippen LogP contribution in [-0.4, -0.2) is 52.2 Å². The number of aryl methyl sites for hydroxylation is 2. The Bertz CT molecular complexity index is 1030. The summed E-state index contributed by atoms with van der Waals surface area (Å²) in [5.41, 5.74) is 4.06. The van der Waals surface area contributed by atoms with Gasteiger partial charge in [0.2, 0.25) is 5.88 Å². The monoisotopic (exact) mass is 479 g/mol. The highest BCUT2D eigenvalue weighted by Gasteiger charge is 2.23. The Morgan fingerprint density at radius 3 is 2.20 bits per heavy atom. The Labute approximate surface area is 210 Å². The first-order chi connectivity index (χ1) is 16.7. The molecule has 6 nitrogen and oxygen atoms in total.